The maximum Gasteiger partial charge on any atom is 0.236 e. The largest absolute Gasteiger partial charge is 0.396 e. The molecular weight excluding hydrogens is 230 g/mol. The second-order valence-electron chi connectivity index (χ2n) is 4.78. The van der Waals surface area contributed by atoms with Crippen molar-refractivity contribution in [2.75, 3.05) is 39.3 Å². The van der Waals surface area contributed by atoms with E-state index in [9.17, 15) is 4.79 Å². The van der Waals surface area contributed by atoms with Gasteiger partial charge in [0.25, 0.3) is 0 Å². The van der Waals surface area contributed by atoms with E-state index in [1.165, 1.54) is 0 Å². The van der Waals surface area contributed by atoms with Crippen molar-refractivity contribution in [1.82, 2.24) is 9.80 Å². The second-order valence-corrected chi connectivity index (χ2v) is 4.78. The molecule has 0 aromatic carbocycles. The molecule has 0 spiro atoms. The number of rotatable bonds is 6. The molecule has 0 aliphatic carbocycles. The Balaban J connectivity index is 2.33. The van der Waals surface area contributed by atoms with Gasteiger partial charge in [0.1, 0.15) is 0 Å². The predicted molar refractivity (Wildman–Crippen MR) is 68.7 cm³/mol. The van der Waals surface area contributed by atoms with Gasteiger partial charge >= 0.3 is 0 Å². The number of nitrogens with zero attached hydrogens (tertiary/aromatic N) is 3. The molecule has 1 rings (SSSR count). The summed E-state index contributed by atoms with van der Waals surface area (Å²) in [6.07, 6.45) is 2.33. The molecule has 0 saturated carbocycles. The number of carbonyl (C=O) groups excluding carboxylic acids is 1. The molecule has 0 aromatic rings. The Morgan fingerprint density at radius 1 is 1.50 bits per heavy atom. The standard InChI is InChI=1S/C13H23N3O2/c1-2-16(7-3-6-14)13(18)10-15-8-4-12(11-17)5-9-15/h12,17H,2-5,7-11H2,1H3. The molecule has 1 amide bonds. The number of nitriles is 1. The van der Waals surface area contributed by atoms with E-state index >= 15 is 0 Å². The highest BCUT2D eigenvalue weighted by molar-refractivity contribution is 5.78. The number of piperidine rings is 1. The van der Waals surface area contributed by atoms with Gasteiger partial charge in [-0.1, -0.05) is 0 Å². The van der Waals surface area contributed by atoms with Crippen molar-refractivity contribution >= 4 is 5.91 Å². The van der Waals surface area contributed by atoms with Crippen LogP contribution in [0.25, 0.3) is 0 Å². The monoisotopic (exact) mass is 253 g/mol. The number of likely N-dealkylation sites (tertiary alicyclic amines) is 1. The molecule has 0 unspecified atom stereocenters. The first-order chi connectivity index (χ1) is 8.71. The van der Waals surface area contributed by atoms with Gasteiger partial charge in [0, 0.05) is 19.7 Å². The molecule has 1 N–H and O–H groups in total. The molecule has 1 heterocycles. The second kappa shape index (κ2) is 8.06. The minimum absolute atomic E-state index is 0.107. The van der Waals surface area contributed by atoms with Crippen LogP contribution < -0.4 is 0 Å². The van der Waals surface area contributed by atoms with Crippen molar-refractivity contribution in [3.63, 3.8) is 0 Å². The van der Waals surface area contributed by atoms with Gasteiger partial charge in [-0.3, -0.25) is 9.69 Å². The lowest BCUT2D eigenvalue weighted by Gasteiger charge is -2.32. The number of aliphatic hydroxyl groups excluding tert-OH is 1. The van der Waals surface area contributed by atoms with Gasteiger partial charge in [-0.25, -0.2) is 0 Å². The molecule has 0 radical (unpaired) electrons. The average molecular weight is 253 g/mol. The number of likely N-dealkylation sites (N-methyl/N-ethyl adjacent to an activating group) is 1. The van der Waals surface area contributed by atoms with Crippen molar-refractivity contribution < 1.29 is 9.90 Å². The Labute approximate surface area is 109 Å². The fourth-order valence-electron chi connectivity index (χ4n) is 2.26. The predicted octanol–water partition coefficient (Wildman–Crippen LogP) is 0.453. The molecule has 0 aromatic heterocycles. The highest BCUT2D eigenvalue weighted by Gasteiger charge is 2.21. The van der Waals surface area contributed by atoms with Crippen LogP contribution in [0.2, 0.25) is 0 Å². The number of hydrogen-bond acceptors (Lipinski definition) is 4. The first-order valence-electron chi connectivity index (χ1n) is 6.69. The summed E-state index contributed by atoms with van der Waals surface area (Å²) in [4.78, 5) is 15.9. The zero-order valence-electron chi connectivity index (χ0n) is 11.1. The van der Waals surface area contributed by atoms with Gasteiger partial charge in [0.05, 0.1) is 19.0 Å². The Morgan fingerprint density at radius 2 is 2.17 bits per heavy atom. The van der Waals surface area contributed by atoms with E-state index in [1.54, 1.807) is 4.90 Å². The molecule has 18 heavy (non-hydrogen) atoms. The molecule has 5 heteroatoms. The van der Waals surface area contributed by atoms with Gasteiger partial charge in [0.15, 0.2) is 0 Å². The minimum Gasteiger partial charge on any atom is -0.396 e. The van der Waals surface area contributed by atoms with Gasteiger partial charge in [-0.05, 0) is 38.8 Å². The fraction of sp³-hybridized carbons (Fsp3) is 0.846. The minimum atomic E-state index is 0.107. The third kappa shape index (κ3) is 4.63. The molecule has 5 nitrogen and oxygen atoms in total. The molecular formula is C13H23N3O2. The molecule has 102 valence electrons. The summed E-state index contributed by atoms with van der Waals surface area (Å²) < 4.78 is 0. The van der Waals surface area contributed by atoms with Gasteiger partial charge in [0.2, 0.25) is 5.91 Å². The summed E-state index contributed by atoms with van der Waals surface area (Å²) in [7, 11) is 0. The summed E-state index contributed by atoms with van der Waals surface area (Å²) in [5.41, 5.74) is 0. The Kier molecular flexibility index (Phi) is 6.69. The van der Waals surface area contributed by atoms with Gasteiger partial charge < -0.3 is 10.0 Å². The van der Waals surface area contributed by atoms with Crippen molar-refractivity contribution in [2.45, 2.75) is 26.2 Å². The number of amides is 1. The summed E-state index contributed by atoms with van der Waals surface area (Å²) in [6, 6.07) is 2.07. The van der Waals surface area contributed by atoms with E-state index in [4.69, 9.17) is 10.4 Å². The number of carbonyl (C=O) groups is 1. The molecule has 0 atom stereocenters. The molecule has 1 fully saturated rings. The van der Waals surface area contributed by atoms with Crippen LogP contribution in [0.1, 0.15) is 26.2 Å². The topological polar surface area (TPSA) is 67.6 Å². The first-order valence-corrected chi connectivity index (χ1v) is 6.69. The number of hydrogen-bond donors (Lipinski definition) is 1. The lowest BCUT2D eigenvalue weighted by Crippen LogP contribution is -2.44. The van der Waals surface area contributed by atoms with E-state index in [2.05, 4.69) is 11.0 Å². The van der Waals surface area contributed by atoms with Crippen molar-refractivity contribution in [3.8, 4) is 6.07 Å². The highest BCUT2D eigenvalue weighted by Crippen LogP contribution is 2.16. The summed E-state index contributed by atoms with van der Waals surface area (Å²) in [6.45, 7) is 5.59. The van der Waals surface area contributed by atoms with Crippen LogP contribution in [0.4, 0.5) is 0 Å². The summed E-state index contributed by atoms with van der Waals surface area (Å²) in [5.74, 6) is 0.507. The maximum atomic E-state index is 12.0. The first kappa shape index (κ1) is 14.9. The quantitative estimate of drug-likeness (QED) is 0.746. The van der Waals surface area contributed by atoms with Crippen LogP contribution in [0.15, 0.2) is 0 Å². The molecule has 1 aliphatic heterocycles. The van der Waals surface area contributed by atoms with E-state index in [1.807, 2.05) is 6.92 Å². The van der Waals surface area contributed by atoms with Crippen molar-refractivity contribution in [2.24, 2.45) is 5.92 Å². The number of aliphatic hydroxyl groups is 1. The molecule has 0 bridgehead atoms. The third-order valence-electron chi connectivity index (χ3n) is 3.55. The molecule has 1 aliphatic rings. The average Bonchev–Trinajstić information content (AvgIpc) is 2.40. The normalized spacial score (nSPS) is 17.4. The SMILES string of the molecule is CCN(CCC#N)C(=O)CN1CCC(CO)CC1. The Bertz CT molecular complexity index is 293. The summed E-state index contributed by atoms with van der Waals surface area (Å²) >= 11 is 0. The highest BCUT2D eigenvalue weighted by atomic mass is 16.3. The Hall–Kier alpha value is -1.12. The van der Waals surface area contributed by atoms with Crippen molar-refractivity contribution in [1.29, 1.82) is 5.26 Å². The lowest BCUT2D eigenvalue weighted by molar-refractivity contribution is -0.132. The van der Waals surface area contributed by atoms with Crippen LogP contribution in [-0.2, 0) is 4.79 Å². The third-order valence-corrected chi connectivity index (χ3v) is 3.55. The van der Waals surface area contributed by atoms with Crippen LogP contribution in [0.5, 0.6) is 0 Å². The van der Waals surface area contributed by atoms with Crippen LogP contribution in [0, 0.1) is 17.2 Å². The van der Waals surface area contributed by atoms with Gasteiger partial charge in [-0.2, -0.15) is 5.26 Å². The van der Waals surface area contributed by atoms with E-state index in [0.29, 0.717) is 32.0 Å². The fourth-order valence-corrected chi connectivity index (χ4v) is 2.26. The zero-order valence-corrected chi connectivity index (χ0v) is 11.1. The van der Waals surface area contributed by atoms with E-state index < -0.39 is 0 Å². The smallest absolute Gasteiger partial charge is 0.236 e. The van der Waals surface area contributed by atoms with Crippen molar-refractivity contribution in [3.05, 3.63) is 0 Å². The van der Waals surface area contributed by atoms with E-state index in [-0.39, 0.29) is 12.5 Å². The van der Waals surface area contributed by atoms with E-state index in [0.717, 1.165) is 25.9 Å². The van der Waals surface area contributed by atoms with Crippen LogP contribution >= 0.6 is 0 Å². The summed E-state index contributed by atoms with van der Waals surface area (Å²) in [5, 5.41) is 17.6. The van der Waals surface area contributed by atoms with Crippen LogP contribution in [-0.4, -0.2) is 60.1 Å². The van der Waals surface area contributed by atoms with Crippen LogP contribution in [0.3, 0.4) is 0 Å². The van der Waals surface area contributed by atoms with Gasteiger partial charge in [-0.15, -0.1) is 0 Å². The maximum absolute atomic E-state index is 12.0. The zero-order chi connectivity index (χ0) is 13.4. The lowest BCUT2D eigenvalue weighted by atomic mass is 9.98. The Morgan fingerprint density at radius 3 is 2.67 bits per heavy atom. The molecule has 1 saturated heterocycles.